The van der Waals surface area contributed by atoms with Crippen molar-refractivity contribution in [2.75, 3.05) is 6.61 Å². The Balaban J connectivity index is 2.94. The van der Waals surface area contributed by atoms with Gasteiger partial charge in [0.25, 0.3) is 0 Å². The maximum Gasteiger partial charge on any atom is 0.363 e. The number of carbonyl (C=O) groups is 1. The average molecular weight is 164 g/mol. The van der Waals surface area contributed by atoms with Crippen LogP contribution in [0.15, 0.2) is 11.4 Å². The fraction of sp³-hybridized carbons (Fsp3) is 0.250. The van der Waals surface area contributed by atoms with Crippen molar-refractivity contribution in [3.05, 3.63) is 11.4 Å². The highest BCUT2D eigenvalue weighted by atomic mass is 31.2. The van der Waals surface area contributed by atoms with E-state index in [2.05, 4.69) is 4.74 Å². The van der Waals surface area contributed by atoms with Crippen LogP contribution >= 0.6 is 7.60 Å². The van der Waals surface area contributed by atoms with Gasteiger partial charge in [0.15, 0.2) is 0 Å². The minimum Gasteiger partial charge on any atom is -0.458 e. The van der Waals surface area contributed by atoms with Gasteiger partial charge in [-0.05, 0) is 6.08 Å². The lowest BCUT2D eigenvalue weighted by molar-refractivity contribution is -0.135. The normalized spacial score (nSPS) is 18.6. The van der Waals surface area contributed by atoms with Gasteiger partial charge in [0, 0.05) is 0 Å². The first kappa shape index (κ1) is 7.47. The van der Waals surface area contributed by atoms with E-state index >= 15 is 0 Å². The first-order valence-corrected chi connectivity index (χ1v) is 4.06. The smallest absolute Gasteiger partial charge is 0.363 e. The second-order valence-corrected chi connectivity index (χ2v) is 3.30. The largest absolute Gasteiger partial charge is 0.458 e. The number of carbonyl (C=O) groups excluding carboxylic acids is 1. The second kappa shape index (κ2) is 2.20. The van der Waals surface area contributed by atoms with Gasteiger partial charge in [0.1, 0.15) is 11.9 Å². The SMILES string of the molecule is O=C1OCC=C1P(=O)(O)O. The van der Waals surface area contributed by atoms with Gasteiger partial charge in [-0.15, -0.1) is 0 Å². The highest BCUT2D eigenvalue weighted by molar-refractivity contribution is 7.58. The van der Waals surface area contributed by atoms with E-state index in [4.69, 9.17) is 9.79 Å². The summed E-state index contributed by atoms with van der Waals surface area (Å²) in [6.07, 6.45) is 1.09. The molecule has 0 aromatic carbocycles. The maximum atomic E-state index is 10.4. The molecule has 0 fully saturated rings. The summed E-state index contributed by atoms with van der Waals surface area (Å²) < 4.78 is 14.6. The summed E-state index contributed by atoms with van der Waals surface area (Å²) >= 11 is 0. The summed E-state index contributed by atoms with van der Waals surface area (Å²) in [7, 11) is -4.38. The molecule has 1 rings (SSSR count). The van der Waals surface area contributed by atoms with Crippen molar-refractivity contribution in [2.24, 2.45) is 0 Å². The molecule has 1 aliphatic rings. The third-order valence-electron chi connectivity index (χ3n) is 1.01. The monoisotopic (exact) mass is 164 g/mol. The first-order valence-electron chi connectivity index (χ1n) is 2.45. The van der Waals surface area contributed by atoms with Crippen molar-refractivity contribution in [2.45, 2.75) is 0 Å². The highest BCUT2D eigenvalue weighted by Gasteiger charge is 2.32. The number of ether oxygens (including phenoxy) is 1. The molecule has 0 unspecified atom stereocenters. The van der Waals surface area contributed by atoms with Gasteiger partial charge in [0.2, 0.25) is 0 Å². The highest BCUT2D eigenvalue weighted by Crippen LogP contribution is 2.46. The summed E-state index contributed by atoms with van der Waals surface area (Å²) in [4.78, 5) is 27.3. The van der Waals surface area contributed by atoms with E-state index < -0.39 is 18.9 Å². The van der Waals surface area contributed by atoms with E-state index in [9.17, 15) is 9.36 Å². The Labute approximate surface area is 56.5 Å². The van der Waals surface area contributed by atoms with Gasteiger partial charge in [-0.25, -0.2) is 4.79 Å². The first-order chi connectivity index (χ1) is 4.52. The van der Waals surface area contributed by atoms with Gasteiger partial charge >= 0.3 is 13.6 Å². The Hall–Kier alpha value is -0.640. The molecule has 0 aliphatic carbocycles. The van der Waals surface area contributed by atoms with Crippen LogP contribution < -0.4 is 0 Å². The fourth-order valence-corrected chi connectivity index (χ4v) is 1.21. The summed E-state index contributed by atoms with van der Waals surface area (Å²) in [5, 5.41) is -0.535. The number of cyclic esters (lactones) is 1. The van der Waals surface area contributed by atoms with Crippen molar-refractivity contribution in [1.82, 2.24) is 0 Å². The van der Waals surface area contributed by atoms with Crippen LogP contribution in [0.4, 0.5) is 0 Å². The molecule has 5 nitrogen and oxygen atoms in total. The molecule has 6 heteroatoms. The molecule has 2 N–H and O–H groups in total. The van der Waals surface area contributed by atoms with Crippen molar-refractivity contribution < 1.29 is 23.9 Å². The lowest BCUT2D eigenvalue weighted by atomic mass is 10.6. The van der Waals surface area contributed by atoms with E-state index in [0.29, 0.717) is 0 Å². The Bertz CT molecular complexity index is 236. The summed E-state index contributed by atoms with van der Waals surface area (Å²) in [5.74, 6) is -0.923. The average Bonchev–Trinajstić information content (AvgIpc) is 2.11. The van der Waals surface area contributed by atoms with Crippen molar-refractivity contribution >= 4 is 13.6 Å². The van der Waals surface area contributed by atoms with E-state index in [1.807, 2.05) is 0 Å². The van der Waals surface area contributed by atoms with Crippen LogP contribution in [0.2, 0.25) is 0 Å². The minimum atomic E-state index is -4.38. The van der Waals surface area contributed by atoms with Crippen LogP contribution in [0.3, 0.4) is 0 Å². The lowest BCUT2D eigenvalue weighted by Gasteiger charge is -1.99. The third kappa shape index (κ3) is 1.26. The number of esters is 1. The molecular weight excluding hydrogens is 159 g/mol. The minimum absolute atomic E-state index is 0.0424. The lowest BCUT2D eigenvalue weighted by Crippen LogP contribution is -1.99. The van der Waals surface area contributed by atoms with Crippen LogP contribution in [-0.2, 0) is 14.1 Å². The Morgan fingerprint density at radius 3 is 2.40 bits per heavy atom. The van der Waals surface area contributed by atoms with Crippen molar-refractivity contribution in [3.8, 4) is 0 Å². The molecule has 1 heterocycles. The molecule has 0 radical (unpaired) electrons. The van der Waals surface area contributed by atoms with E-state index in [0.717, 1.165) is 6.08 Å². The van der Waals surface area contributed by atoms with E-state index in [1.165, 1.54) is 0 Å². The quantitative estimate of drug-likeness (QED) is 0.407. The molecule has 1 aliphatic heterocycles. The topological polar surface area (TPSA) is 83.8 Å². The second-order valence-electron chi connectivity index (χ2n) is 1.73. The predicted molar refractivity (Wildman–Crippen MR) is 31.1 cm³/mol. The van der Waals surface area contributed by atoms with Crippen LogP contribution in [0.25, 0.3) is 0 Å². The molecule has 10 heavy (non-hydrogen) atoms. The van der Waals surface area contributed by atoms with E-state index in [-0.39, 0.29) is 6.61 Å². The molecular formula is C4H5O5P. The number of hydrogen-bond acceptors (Lipinski definition) is 3. The van der Waals surface area contributed by atoms with Crippen LogP contribution in [0, 0.1) is 0 Å². The summed E-state index contributed by atoms with van der Waals surface area (Å²) in [5.41, 5.74) is 0. The van der Waals surface area contributed by atoms with Crippen LogP contribution in [0.1, 0.15) is 0 Å². The zero-order chi connectivity index (χ0) is 7.78. The van der Waals surface area contributed by atoms with Crippen LogP contribution in [-0.4, -0.2) is 22.4 Å². The molecule has 0 bridgehead atoms. The molecule has 0 saturated heterocycles. The van der Waals surface area contributed by atoms with Gasteiger partial charge < -0.3 is 14.5 Å². The molecule has 0 aromatic rings. The van der Waals surface area contributed by atoms with Crippen LogP contribution in [0.5, 0.6) is 0 Å². The standard InChI is InChI=1S/C4H5O5P/c5-4-3(1-2-9-4)10(6,7)8/h1H,2H2,(H2,6,7,8). The Morgan fingerprint density at radius 2 is 2.20 bits per heavy atom. The number of hydrogen-bond donors (Lipinski definition) is 2. The van der Waals surface area contributed by atoms with Crippen molar-refractivity contribution in [3.63, 3.8) is 0 Å². The molecule has 0 saturated carbocycles. The summed E-state index contributed by atoms with van der Waals surface area (Å²) in [6, 6.07) is 0. The van der Waals surface area contributed by atoms with Crippen molar-refractivity contribution in [1.29, 1.82) is 0 Å². The maximum absolute atomic E-state index is 10.4. The molecule has 0 atom stereocenters. The Kier molecular flexibility index (Phi) is 1.64. The fourth-order valence-electron chi connectivity index (χ4n) is 0.591. The van der Waals surface area contributed by atoms with Gasteiger partial charge in [-0.1, -0.05) is 0 Å². The zero-order valence-electron chi connectivity index (χ0n) is 4.85. The molecule has 0 spiro atoms. The molecule has 0 aromatic heterocycles. The molecule has 56 valence electrons. The Morgan fingerprint density at radius 1 is 1.60 bits per heavy atom. The third-order valence-corrected chi connectivity index (χ3v) is 2.01. The van der Waals surface area contributed by atoms with Gasteiger partial charge in [-0.2, -0.15) is 0 Å². The van der Waals surface area contributed by atoms with E-state index in [1.54, 1.807) is 0 Å². The van der Waals surface area contributed by atoms with Gasteiger partial charge in [0.05, 0.1) is 0 Å². The molecule has 0 amide bonds. The predicted octanol–water partition coefficient (Wildman–Crippen LogP) is -0.395. The summed E-state index contributed by atoms with van der Waals surface area (Å²) in [6.45, 7) is -0.0424. The zero-order valence-corrected chi connectivity index (χ0v) is 5.75. The number of rotatable bonds is 1. The van der Waals surface area contributed by atoms with Gasteiger partial charge in [-0.3, -0.25) is 4.57 Å².